The Labute approximate surface area is 75.3 Å². The minimum Gasteiger partial charge on any atom is -0.396 e. The van der Waals surface area contributed by atoms with Gasteiger partial charge in [0.25, 0.3) is 6.43 Å². The summed E-state index contributed by atoms with van der Waals surface area (Å²) in [6.07, 6.45) is -2.32. The molecule has 1 fully saturated rings. The van der Waals surface area contributed by atoms with Crippen molar-refractivity contribution in [1.82, 2.24) is 4.90 Å². The average Bonchev–Trinajstić information content (AvgIpc) is 2.45. The minimum absolute atomic E-state index is 0.113. The van der Waals surface area contributed by atoms with Gasteiger partial charge in [-0.3, -0.25) is 4.79 Å². The molecule has 13 heavy (non-hydrogen) atoms. The van der Waals surface area contributed by atoms with Gasteiger partial charge in [-0.2, -0.15) is 0 Å². The van der Waals surface area contributed by atoms with E-state index in [0.717, 1.165) is 4.90 Å². The molecule has 1 amide bonds. The molecule has 0 aromatic carbocycles. The van der Waals surface area contributed by atoms with Crippen molar-refractivity contribution in [2.75, 3.05) is 13.2 Å². The summed E-state index contributed by atoms with van der Waals surface area (Å²) in [5.41, 5.74) is 0. The normalized spacial score (nSPS) is 25.8. The maximum Gasteiger partial charge on any atom is 0.258 e. The fourth-order valence-corrected chi connectivity index (χ4v) is 1.46. The van der Waals surface area contributed by atoms with E-state index in [1.54, 1.807) is 0 Å². The second-order valence-electron chi connectivity index (χ2n) is 3.37. The Kier molecular flexibility index (Phi) is 3.19. The fraction of sp³-hybridized carbons (Fsp3) is 0.875. The number of likely N-dealkylation sites (tertiary alicyclic amines) is 1. The maximum absolute atomic E-state index is 12.2. The van der Waals surface area contributed by atoms with Gasteiger partial charge in [0.2, 0.25) is 5.91 Å². The third-order valence-electron chi connectivity index (χ3n) is 2.35. The molecule has 2 atom stereocenters. The van der Waals surface area contributed by atoms with Gasteiger partial charge < -0.3 is 10.0 Å². The number of halogens is 2. The molecule has 0 saturated carbocycles. The van der Waals surface area contributed by atoms with Crippen molar-refractivity contribution in [3.63, 3.8) is 0 Å². The molecule has 3 nitrogen and oxygen atoms in total. The zero-order chi connectivity index (χ0) is 10.0. The van der Waals surface area contributed by atoms with Crippen LogP contribution in [0.15, 0.2) is 0 Å². The molecule has 1 aliphatic rings. The summed E-state index contributed by atoms with van der Waals surface area (Å²) in [4.78, 5) is 12.3. The number of aliphatic hydroxyl groups excluding tert-OH is 1. The van der Waals surface area contributed by atoms with Crippen LogP contribution < -0.4 is 0 Å². The highest BCUT2D eigenvalue weighted by atomic mass is 19.3. The Morgan fingerprint density at radius 1 is 1.69 bits per heavy atom. The van der Waals surface area contributed by atoms with Crippen LogP contribution in [-0.4, -0.2) is 41.5 Å². The molecular formula is C8H13F2NO2. The van der Waals surface area contributed by atoms with E-state index < -0.39 is 12.5 Å². The molecule has 0 bridgehead atoms. The third-order valence-corrected chi connectivity index (χ3v) is 2.35. The fourth-order valence-electron chi connectivity index (χ4n) is 1.46. The number of alkyl halides is 2. The number of amides is 1. The van der Waals surface area contributed by atoms with Gasteiger partial charge in [0.15, 0.2) is 0 Å². The number of nitrogens with zero attached hydrogens (tertiary/aromatic N) is 1. The quantitative estimate of drug-likeness (QED) is 0.708. The molecule has 0 aromatic heterocycles. The SMILES string of the molecule is CC(C(F)F)N1CC(CO)CC1=O. The van der Waals surface area contributed by atoms with Crippen LogP contribution in [0.25, 0.3) is 0 Å². The molecule has 1 saturated heterocycles. The van der Waals surface area contributed by atoms with Crippen LogP contribution in [0.5, 0.6) is 0 Å². The summed E-state index contributed by atoms with van der Waals surface area (Å²) in [5, 5.41) is 8.76. The standard InChI is InChI=1S/C8H13F2NO2/c1-5(8(9)10)11-3-6(4-12)2-7(11)13/h5-6,8,12H,2-4H2,1H3. The lowest BCUT2D eigenvalue weighted by molar-refractivity contribution is -0.132. The van der Waals surface area contributed by atoms with Crippen LogP contribution in [0.4, 0.5) is 8.78 Å². The second-order valence-corrected chi connectivity index (χ2v) is 3.37. The van der Waals surface area contributed by atoms with Crippen LogP contribution in [0.3, 0.4) is 0 Å². The van der Waals surface area contributed by atoms with Gasteiger partial charge in [-0.25, -0.2) is 8.78 Å². The van der Waals surface area contributed by atoms with Crippen molar-refractivity contribution in [1.29, 1.82) is 0 Å². The molecule has 76 valence electrons. The van der Waals surface area contributed by atoms with Crippen molar-refractivity contribution in [3.05, 3.63) is 0 Å². The predicted octanol–water partition coefficient (Wildman–Crippen LogP) is 0.481. The first-order chi connectivity index (χ1) is 6.06. The number of aliphatic hydroxyl groups is 1. The lowest BCUT2D eigenvalue weighted by Gasteiger charge is -2.23. The zero-order valence-corrected chi connectivity index (χ0v) is 7.41. The second kappa shape index (κ2) is 4.00. The Hall–Kier alpha value is -0.710. The maximum atomic E-state index is 12.2. The Morgan fingerprint density at radius 3 is 2.69 bits per heavy atom. The molecule has 1 aliphatic heterocycles. The van der Waals surface area contributed by atoms with E-state index in [1.165, 1.54) is 6.92 Å². The van der Waals surface area contributed by atoms with Gasteiger partial charge in [-0.05, 0) is 6.92 Å². The molecule has 0 aliphatic carbocycles. The lowest BCUT2D eigenvalue weighted by Crippen LogP contribution is -2.39. The van der Waals surface area contributed by atoms with E-state index in [4.69, 9.17) is 5.11 Å². The molecule has 1 N–H and O–H groups in total. The smallest absolute Gasteiger partial charge is 0.258 e. The number of hydrogen-bond donors (Lipinski definition) is 1. The highest BCUT2D eigenvalue weighted by Gasteiger charge is 2.35. The Bertz CT molecular complexity index is 199. The highest BCUT2D eigenvalue weighted by Crippen LogP contribution is 2.22. The van der Waals surface area contributed by atoms with Crippen molar-refractivity contribution < 1.29 is 18.7 Å². The van der Waals surface area contributed by atoms with Gasteiger partial charge in [0.1, 0.15) is 0 Å². The van der Waals surface area contributed by atoms with E-state index in [2.05, 4.69) is 0 Å². The topological polar surface area (TPSA) is 40.5 Å². The van der Waals surface area contributed by atoms with Gasteiger partial charge in [0.05, 0.1) is 6.04 Å². The third kappa shape index (κ3) is 2.15. The Balaban J connectivity index is 2.57. The number of rotatable bonds is 3. The molecule has 0 aromatic rings. The predicted molar refractivity (Wildman–Crippen MR) is 42.4 cm³/mol. The molecule has 2 unspecified atom stereocenters. The van der Waals surface area contributed by atoms with E-state index in [1.807, 2.05) is 0 Å². The van der Waals surface area contributed by atoms with Crippen LogP contribution in [0.2, 0.25) is 0 Å². The largest absolute Gasteiger partial charge is 0.396 e. The summed E-state index contributed by atoms with van der Waals surface area (Å²) in [6.45, 7) is 1.46. The van der Waals surface area contributed by atoms with Crippen LogP contribution in [-0.2, 0) is 4.79 Å². The first-order valence-corrected chi connectivity index (χ1v) is 4.24. The summed E-state index contributed by atoms with van der Waals surface area (Å²) in [7, 11) is 0. The number of carbonyl (C=O) groups is 1. The number of carbonyl (C=O) groups excluding carboxylic acids is 1. The number of hydrogen-bond acceptors (Lipinski definition) is 2. The van der Waals surface area contributed by atoms with Crippen molar-refractivity contribution in [3.8, 4) is 0 Å². The molecule has 0 spiro atoms. The van der Waals surface area contributed by atoms with Crippen molar-refractivity contribution in [2.45, 2.75) is 25.8 Å². The highest BCUT2D eigenvalue weighted by molar-refractivity contribution is 5.79. The van der Waals surface area contributed by atoms with Crippen molar-refractivity contribution >= 4 is 5.91 Å². The van der Waals surface area contributed by atoms with E-state index in [0.29, 0.717) is 0 Å². The molecule has 0 radical (unpaired) electrons. The summed E-state index contributed by atoms with van der Waals surface area (Å²) in [5.74, 6) is -0.458. The van der Waals surface area contributed by atoms with Crippen LogP contribution in [0, 0.1) is 5.92 Å². The van der Waals surface area contributed by atoms with Gasteiger partial charge >= 0.3 is 0 Å². The van der Waals surface area contributed by atoms with E-state index in [-0.39, 0.29) is 31.4 Å². The molecule has 1 rings (SSSR count). The first-order valence-electron chi connectivity index (χ1n) is 4.24. The molecule has 5 heteroatoms. The molecule has 1 heterocycles. The summed E-state index contributed by atoms with van der Waals surface area (Å²) in [6, 6.07) is -1.04. The van der Waals surface area contributed by atoms with Gasteiger partial charge in [-0.15, -0.1) is 0 Å². The summed E-state index contributed by atoms with van der Waals surface area (Å²) < 4.78 is 24.5. The average molecular weight is 193 g/mol. The van der Waals surface area contributed by atoms with Gasteiger partial charge in [0, 0.05) is 25.5 Å². The van der Waals surface area contributed by atoms with Crippen LogP contribution in [0.1, 0.15) is 13.3 Å². The van der Waals surface area contributed by atoms with E-state index in [9.17, 15) is 13.6 Å². The van der Waals surface area contributed by atoms with Gasteiger partial charge in [-0.1, -0.05) is 0 Å². The zero-order valence-electron chi connectivity index (χ0n) is 7.41. The monoisotopic (exact) mass is 193 g/mol. The minimum atomic E-state index is -2.51. The lowest BCUT2D eigenvalue weighted by atomic mass is 10.1. The molecular weight excluding hydrogens is 180 g/mol. The first kappa shape index (κ1) is 10.4. The summed E-state index contributed by atoms with van der Waals surface area (Å²) >= 11 is 0. The van der Waals surface area contributed by atoms with Crippen molar-refractivity contribution in [2.24, 2.45) is 5.92 Å². The Morgan fingerprint density at radius 2 is 2.31 bits per heavy atom. The van der Waals surface area contributed by atoms with E-state index >= 15 is 0 Å². The van der Waals surface area contributed by atoms with Crippen LogP contribution >= 0.6 is 0 Å².